The molecule has 0 saturated heterocycles. The minimum absolute atomic E-state index is 0.399. The third kappa shape index (κ3) is 2.66. The van der Waals surface area contributed by atoms with Crippen LogP contribution in [0.5, 0.6) is 0 Å². The van der Waals surface area contributed by atoms with Gasteiger partial charge in [-0.25, -0.2) is 0 Å². The van der Waals surface area contributed by atoms with Crippen LogP contribution in [0.1, 0.15) is 0 Å². The molecule has 7 heavy (non-hydrogen) atoms. The Balaban J connectivity index is 3.27. The number of hydrogen-bond acceptors (Lipinski definition) is 2. The highest BCUT2D eigenvalue weighted by molar-refractivity contribution is 4.90. The summed E-state index contributed by atoms with van der Waals surface area (Å²) in [5.41, 5.74) is 0. The van der Waals surface area contributed by atoms with E-state index in [1.54, 1.807) is 7.05 Å². The van der Waals surface area contributed by atoms with Crippen LogP contribution in [0.15, 0.2) is 0 Å². The first-order valence-corrected chi connectivity index (χ1v) is 1.85. The lowest BCUT2D eigenvalue weighted by molar-refractivity contribution is 0.538. The van der Waals surface area contributed by atoms with Gasteiger partial charge in [-0.05, 0) is 0 Å². The monoisotopic (exact) mass is 94.1 g/mol. The number of rotatable bonds is 1. The molecule has 2 heteroatoms. The Morgan fingerprint density at radius 3 is 2.57 bits per heavy atom. The molecule has 0 radical (unpaired) electrons. The van der Waals surface area contributed by atoms with Crippen LogP contribution in [0.25, 0.3) is 0 Å². The van der Waals surface area contributed by atoms with Gasteiger partial charge in [0, 0.05) is 7.05 Å². The van der Waals surface area contributed by atoms with Crippen LogP contribution in [0.3, 0.4) is 0 Å². The van der Waals surface area contributed by atoms with Crippen molar-refractivity contribution in [2.24, 2.45) is 0 Å². The second kappa shape index (κ2) is 3.06. The van der Waals surface area contributed by atoms with Crippen molar-refractivity contribution in [2.75, 3.05) is 13.6 Å². The molecule has 0 saturated carbocycles. The molecule has 0 unspecified atom stereocenters. The van der Waals surface area contributed by atoms with Crippen LogP contribution < -0.4 is 0 Å². The first-order chi connectivity index (χ1) is 3.31. The Morgan fingerprint density at radius 2 is 2.43 bits per heavy atom. The van der Waals surface area contributed by atoms with Crippen LogP contribution in [0.4, 0.5) is 0 Å². The molecule has 0 aliphatic carbocycles. The molecule has 36 valence electrons. The number of nitriles is 1. The minimum Gasteiger partial charge on any atom is -0.302 e. The molecular formula is C5H6N2. The van der Waals surface area contributed by atoms with E-state index < -0.39 is 0 Å². The summed E-state index contributed by atoms with van der Waals surface area (Å²) in [7, 11) is 1.64. The predicted octanol–water partition coefficient (Wildman–Crippen LogP) is 0.0325. The van der Waals surface area contributed by atoms with Gasteiger partial charge in [-0.1, -0.05) is 5.92 Å². The highest BCUT2D eigenvalue weighted by Gasteiger charge is 1.81. The smallest absolute Gasteiger partial charge is 0.179 e. The molecule has 0 aromatic carbocycles. The van der Waals surface area contributed by atoms with Crippen LogP contribution in [0.2, 0.25) is 0 Å². The summed E-state index contributed by atoms with van der Waals surface area (Å²) in [5, 5.41) is 8.05. The SMILES string of the molecule is C#CCN(C)C#N. The summed E-state index contributed by atoms with van der Waals surface area (Å²) in [6.07, 6.45) is 6.72. The zero-order chi connectivity index (χ0) is 5.70. The van der Waals surface area contributed by atoms with Crippen molar-refractivity contribution in [3.05, 3.63) is 0 Å². The van der Waals surface area contributed by atoms with Gasteiger partial charge in [0.15, 0.2) is 6.19 Å². The van der Waals surface area contributed by atoms with Crippen molar-refractivity contribution in [3.8, 4) is 18.5 Å². The maximum Gasteiger partial charge on any atom is 0.179 e. The van der Waals surface area contributed by atoms with Gasteiger partial charge in [-0.15, -0.1) is 6.42 Å². The molecule has 0 aliphatic heterocycles. The molecule has 2 nitrogen and oxygen atoms in total. The first kappa shape index (κ1) is 5.85. The topological polar surface area (TPSA) is 27.0 Å². The summed E-state index contributed by atoms with van der Waals surface area (Å²) >= 11 is 0. The summed E-state index contributed by atoms with van der Waals surface area (Å²) < 4.78 is 0. The maximum absolute atomic E-state index is 8.05. The van der Waals surface area contributed by atoms with Crippen LogP contribution in [-0.4, -0.2) is 18.5 Å². The number of hydrogen-bond donors (Lipinski definition) is 0. The minimum atomic E-state index is 0.399. The van der Waals surface area contributed by atoms with Gasteiger partial charge in [0.2, 0.25) is 0 Å². The quantitative estimate of drug-likeness (QED) is 0.260. The van der Waals surface area contributed by atoms with E-state index in [4.69, 9.17) is 11.7 Å². The van der Waals surface area contributed by atoms with Crippen molar-refractivity contribution < 1.29 is 0 Å². The molecule has 0 spiro atoms. The Labute approximate surface area is 43.4 Å². The van der Waals surface area contributed by atoms with E-state index in [-0.39, 0.29) is 0 Å². The molecule has 0 rings (SSSR count). The first-order valence-electron chi connectivity index (χ1n) is 1.85. The standard InChI is InChI=1S/C5H6N2/c1-3-4-7(2)5-6/h1H,4H2,2H3. The zero-order valence-electron chi connectivity index (χ0n) is 4.18. The number of terminal acetylenes is 1. The Morgan fingerprint density at radius 1 is 1.86 bits per heavy atom. The van der Waals surface area contributed by atoms with Crippen molar-refractivity contribution in [1.82, 2.24) is 4.90 Å². The summed E-state index contributed by atoms with van der Waals surface area (Å²) in [6.45, 7) is 0.399. The van der Waals surface area contributed by atoms with E-state index in [1.807, 2.05) is 6.19 Å². The van der Waals surface area contributed by atoms with Crippen molar-refractivity contribution >= 4 is 0 Å². The van der Waals surface area contributed by atoms with E-state index in [2.05, 4.69) is 5.92 Å². The van der Waals surface area contributed by atoms with Crippen LogP contribution in [0, 0.1) is 23.8 Å². The van der Waals surface area contributed by atoms with Gasteiger partial charge in [-0.3, -0.25) is 0 Å². The van der Waals surface area contributed by atoms with E-state index in [0.29, 0.717) is 6.54 Å². The third-order valence-corrected chi connectivity index (χ3v) is 0.499. The average Bonchev–Trinajstić information content (AvgIpc) is 1.68. The van der Waals surface area contributed by atoms with Crippen LogP contribution in [-0.2, 0) is 0 Å². The summed E-state index contributed by atoms with van der Waals surface area (Å²) in [5.74, 6) is 2.32. The third-order valence-electron chi connectivity index (χ3n) is 0.499. The highest BCUT2D eigenvalue weighted by atomic mass is 15.1. The average molecular weight is 94.1 g/mol. The van der Waals surface area contributed by atoms with Gasteiger partial charge < -0.3 is 4.90 Å². The lowest BCUT2D eigenvalue weighted by atomic mass is 10.6. The van der Waals surface area contributed by atoms with Crippen molar-refractivity contribution in [1.29, 1.82) is 5.26 Å². The molecule has 0 atom stereocenters. The van der Waals surface area contributed by atoms with Crippen molar-refractivity contribution in [2.45, 2.75) is 0 Å². The molecule has 0 aliphatic rings. The van der Waals surface area contributed by atoms with E-state index in [1.165, 1.54) is 4.90 Å². The fourth-order valence-corrected chi connectivity index (χ4v) is 0.172. The molecule has 0 heterocycles. The van der Waals surface area contributed by atoms with Gasteiger partial charge in [0.05, 0.1) is 6.54 Å². The van der Waals surface area contributed by atoms with E-state index >= 15 is 0 Å². The van der Waals surface area contributed by atoms with Gasteiger partial charge >= 0.3 is 0 Å². The molecule has 0 bridgehead atoms. The molecule has 0 aromatic rings. The molecule has 0 amide bonds. The largest absolute Gasteiger partial charge is 0.302 e. The predicted molar refractivity (Wildman–Crippen MR) is 27.1 cm³/mol. The highest BCUT2D eigenvalue weighted by Crippen LogP contribution is 1.70. The zero-order valence-corrected chi connectivity index (χ0v) is 4.18. The fraction of sp³-hybridized carbons (Fsp3) is 0.400. The normalized spacial score (nSPS) is 6.14. The van der Waals surface area contributed by atoms with Gasteiger partial charge in [-0.2, -0.15) is 5.26 Å². The Bertz CT molecular complexity index is 115. The van der Waals surface area contributed by atoms with Crippen LogP contribution >= 0.6 is 0 Å². The second-order valence-electron chi connectivity index (χ2n) is 1.16. The molecular weight excluding hydrogens is 88.1 g/mol. The maximum atomic E-state index is 8.05. The summed E-state index contributed by atoms with van der Waals surface area (Å²) in [4.78, 5) is 1.38. The Hall–Kier alpha value is -1.15. The lowest BCUT2D eigenvalue weighted by Gasteiger charge is -1.98. The molecule has 0 aromatic heterocycles. The fourth-order valence-electron chi connectivity index (χ4n) is 0.172. The second-order valence-corrected chi connectivity index (χ2v) is 1.16. The van der Waals surface area contributed by atoms with E-state index in [0.717, 1.165) is 0 Å². The summed E-state index contributed by atoms with van der Waals surface area (Å²) in [6, 6.07) is 0. The van der Waals surface area contributed by atoms with E-state index in [9.17, 15) is 0 Å². The van der Waals surface area contributed by atoms with Gasteiger partial charge in [0.25, 0.3) is 0 Å². The molecule has 0 N–H and O–H groups in total. The molecule has 0 fully saturated rings. The van der Waals surface area contributed by atoms with Crippen molar-refractivity contribution in [3.63, 3.8) is 0 Å². The number of nitrogens with zero attached hydrogens (tertiary/aromatic N) is 2. The van der Waals surface area contributed by atoms with Gasteiger partial charge in [0.1, 0.15) is 0 Å². The lowest BCUT2D eigenvalue weighted by Crippen LogP contribution is -2.09. The Kier molecular flexibility index (Phi) is 2.55.